The molecule has 1 N–H and O–H groups in total. The van der Waals surface area contributed by atoms with Crippen molar-refractivity contribution in [3.8, 4) is 0 Å². The van der Waals surface area contributed by atoms with E-state index in [9.17, 15) is 14.7 Å². The Balaban J connectivity index is 1.65. The number of carbonyl (C=O) groups excluding carboxylic acids is 3. The van der Waals surface area contributed by atoms with Crippen LogP contribution in [0.4, 0.5) is 0 Å². The zero-order valence-electron chi connectivity index (χ0n) is 48.2. The zero-order valence-corrected chi connectivity index (χ0v) is 56.4. The third kappa shape index (κ3) is 13.7. The molecular formula is C55H98ClHgNO12Si2. The Labute approximate surface area is 453 Å². The Morgan fingerprint density at radius 2 is 1.40 bits per heavy atom. The number of ether oxygens (including phenoxy) is 6. The van der Waals surface area contributed by atoms with Crippen LogP contribution in [0.5, 0.6) is 0 Å². The van der Waals surface area contributed by atoms with Gasteiger partial charge in [-0.3, -0.25) is 0 Å². The molecule has 0 aromatic carbocycles. The van der Waals surface area contributed by atoms with Gasteiger partial charge in [-0.05, 0) is 24.6 Å². The van der Waals surface area contributed by atoms with Gasteiger partial charge in [-0.2, -0.15) is 0 Å². The number of halogens is 1. The number of allylic oxidation sites excluding steroid dienone is 1. The molecule has 0 spiro atoms. The Bertz CT molecular complexity index is 1880. The normalized spacial score (nSPS) is 39.8. The molecule has 72 heavy (non-hydrogen) atoms. The number of hydrogen-bond donors (Lipinski definition) is 1. The molecule has 0 radical (unpaired) electrons. The van der Waals surface area contributed by atoms with Crippen molar-refractivity contribution in [2.45, 2.75) is 260 Å². The Hall–Kier alpha value is -0.311. The molecule has 17 heteroatoms. The number of Topliss-reactive ketones (excluding diaryl/α,β-unsaturated/α-hetero) is 1. The summed E-state index contributed by atoms with van der Waals surface area (Å²) in [5.41, 5.74) is 0.398. The number of nitrogens with zero attached hydrogens (tertiary/aromatic N) is 1. The molecule has 0 unspecified atom stereocenters. The second-order valence-electron chi connectivity index (χ2n) is 26.2. The van der Waals surface area contributed by atoms with Crippen LogP contribution in [0.1, 0.15) is 154 Å². The molecule has 412 valence electrons. The summed E-state index contributed by atoms with van der Waals surface area (Å²) in [4.78, 5) is 45.9. The van der Waals surface area contributed by atoms with Gasteiger partial charge < -0.3 is 9.16 Å². The van der Waals surface area contributed by atoms with Crippen LogP contribution in [0.15, 0.2) is 11.6 Å². The number of aliphatic hydroxyl groups is 1. The molecule has 4 bridgehead atoms. The summed E-state index contributed by atoms with van der Waals surface area (Å²) in [7, 11) is 7.68. The van der Waals surface area contributed by atoms with Gasteiger partial charge in [-0.25, -0.2) is 0 Å². The van der Waals surface area contributed by atoms with Gasteiger partial charge in [-0.1, -0.05) is 20.8 Å². The minimum atomic E-state index is -2.48. The van der Waals surface area contributed by atoms with Crippen molar-refractivity contribution in [1.82, 2.24) is 4.90 Å². The molecular weight excluding hydrogens is 1160 g/mol. The Morgan fingerprint density at radius 1 is 0.819 bits per heavy atom. The van der Waals surface area contributed by atoms with Crippen molar-refractivity contribution in [3.63, 3.8) is 0 Å². The van der Waals surface area contributed by atoms with Gasteiger partial charge in [0.05, 0.1) is 6.10 Å². The van der Waals surface area contributed by atoms with Crippen molar-refractivity contribution in [1.29, 1.82) is 0 Å². The number of rotatable bonds is 11. The van der Waals surface area contributed by atoms with Gasteiger partial charge in [0.2, 0.25) is 0 Å². The van der Waals surface area contributed by atoms with E-state index in [1.54, 1.807) is 28.3 Å². The average molecular weight is 1260 g/mol. The van der Waals surface area contributed by atoms with Crippen LogP contribution in [-0.4, -0.2) is 138 Å². The van der Waals surface area contributed by atoms with Crippen LogP contribution >= 0.6 is 8.25 Å². The van der Waals surface area contributed by atoms with Crippen molar-refractivity contribution < 1.29 is 80.1 Å². The number of fused-ring (bicyclic) bond motifs is 5. The quantitative estimate of drug-likeness (QED) is 0.0908. The van der Waals surface area contributed by atoms with Crippen LogP contribution < -0.4 is 0 Å². The molecule has 13 nitrogen and oxygen atoms in total. The first kappa shape index (κ1) is 62.5. The number of piperidine rings is 1. The number of ketones is 1. The summed E-state index contributed by atoms with van der Waals surface area (Å²) in [6, 6.07) is -1.05. The van der Waals surface area contributed by atoms with Crippen LogP contribution in [-0.2, 0) is 75.0 Å². The number of hydrogen-bond acceptors (Lipinski definition) is 12. The monoisotopic (exact) mass is 1260 g/mol. The van der Waals surface area contributed by atoms with Gasteiger partial charge in [0.1, 0.15) is 0 Å². The first-order valence-electron chi connectivity index (χ1n) is 27.7. The fraction of sp³-hybridized carbons (Fsp3) is 0.909. The maximum atomic E-state index is 15.2. The molecule has 4 aliphatic heterocycles. The van der Waals surface area contributed by atoms with Crippen LogP contribution in [0.2, 0.25) is 39.7 Å². The van der Waals surface area contributed by atoms with Crippen molar-refractivity contribution in [2.75, 3.05) is 27.9 Å². The van der Waals surface area contributed by atoms with Crippen molar-refractivity contribution in [3.05, 3.63) is 11.6 Å². The summed E-state index contributed by atoms with van der Waals surface area (Å²) in [5, 5.41) is 12.3. The van der Waals surface area contributed by atoms with E-state index < -0.39 is 105 Å². The third-order valence-corrected chi connectivity index (χ3v) is 37.9. The number of methoxy groups -OCH3 is 3. The molecule has 1 saturated carbocycles. The van der Waals surface area contributed by atoms with Gasteiger partial charge in [0, 0.05) is 7.11 Å². The standard InChI is InChI=1S/C55H98NO12Si2.ClH.Hg/c1-20-39-33-54(12)32-34(2)27-45(62-14)48-46(63-15)29-36(4)55(60,66-48)49(57)50(58)56-26-22-21-23-40(56)51(59)64-47(37(5)42(31-43(39)65-54)68-70(18,19)53(9,10)11)35(3)28-38-24-25-41(44(30-38)61-13)67-69(16,17)52(6,7)8;;/h28,33-34,36-48,60H,20-27,29-32H2,1-19H3;1H;/q;;+1/p-1/b35-28+;;/t34-,36-,37-,38+,39-,40+,41-,42+,43+,44-,45+,46+,47-,48-,54+,55-;;/m1../s1. The van der Waals surface area contributed by atoms with Gasteiger partial charge in [0.15, 0.2) is 8.32 Å². The van der Waals surface area contributed by atoms with Crippen LogP contribution in [0, 0.1) is 29.6 Å². The summed E-state index contributed by atoms with van der Waals surface area (Å²) >= 11 is -2.03. The summed E-state index contributed by atoms with van der Waals surface area (Å²) in [6.45, 7) is 35.5. The van der Waals surface area contributed by atoms with E-state index in [4.69, 9.17) is 45.5 Å². The van der Waals surface area contributed by atoms with E-state index in [-0.39, 0.29) is 74.6 Å². The van der Waals surface area contributed by atoms with Crippen LogP contribution in [0.3, 0.4) is 0 Å². The van der Waals surface area contributed by atoms with Crippen molar-refractivity contribution in [2.24, 2.45) is 29.6 Å². The fourth-order valence-electron chi connectivity index (χ4n) is 12.4. The Morgan fingerprint density at radius 3 is 1.96 bits per heavy atom. The third-order valence-electron chi connectivity index (χ3n) is 19.0. The first-order valence-corrected chi connectivity index (χ1v) is 43.4. The average Bonchev–Trinajstić information content (AvgIpc) is 3.57. The fourth-order valence-corrected chi connectivity index (χ4v) is 25.8. The molecule has 5 rings (SSSR count). The van der Waals surface area contributed by atoms with Gasteiger partial charge >= 0.3 is 380 Å². The predicted octanol–water partition coefficient (Wildman–Crippen LogP) is 11.2. The molecule has 4 heterocycles. The molecule has 17 atom stereocenters. The van der Waals surface area contributed by atoms with Gasteiger partial charge in [0.25, 0.3) is 0 Å². The maximum absolute atomic E-state index is 15.2. The number of carbonyl (C=O) groups is 3. The van der Waals surface area contributed by atoms with E-state index in [0.29, 0.717) is 38.5 Å². The first-order chi connectivity index (χ1) is 33.3. The molecule has 4 saturated heterocycles. The van der Waals surface area contributed by atoms with E-state index in [1.165, 1.54) is 4.90 Å². The molecule has 5 fully saturated rings. The summed E-state index contributed by atoms with van der Waals surface area (Å²) in [6.07, 6.45) is 6.01. The van der Waals surface area contributed by atoms with E-state index >= 15 is 4.79 Å². The molecule has 1 aliphatic carbocycles. The number of amides is 1. The SMILES string of the molecule is CC[C@H]1[C@@H]2C[C@H](O[Si](C)(C)C(C)(C)C)[C@@H](C)[C@@H](/C(C)=C/[C@@H]3CC[C@@H](O[Si](C)(C)C(C)(C)C)[C@H](OC)C3)OC(=O)[C@@H]3CCCCN3C(=O)C(=O)[C@]3(O)O[C@H]([C@@H](OC)C[C@@H](C)C[C@](C)(O2)[C@@H]1[Hg][Cl])[C@@H](OC)C[C@H]3C. The zero-order chi connectivity index (χ0) is 54.1. The minimum absolute atomic E-state index is 0.00984. The van der Waals surface area contributed by atoms with E-state index in [2.05, 4.69) is 108 Å². The predicted molar refractivity (Wildman–Crippen MR) is 284 cm³/mol. The molecule has 1 amide bonds. The van der Waals surface area contributed by atoms with Gasteiger partial charge in [-0.15, -0.1) is 0 Å². The number of cyclic esters (lactones) is 1. The molecule has 0 aromatic heterocycles. The van der Waals surface area contributed by atoms with E-state index in [0.717, 1.165) is 31.3 Å². The second-order valence-corrected chi connectivity index (χ2v) is 43.0. The topological polar surface area (TPSA) is 149 Å². The summed E-state index contributed by atoms with van der Waals surface area (Å²) < 4.78 is 54.0. The molecule has 5 aliphatic rings. The van der Waals surface area contributed by atoms with Crippen molar-refractivity contribution >= 4 is 42.5 Å². The molecule has 0 aromatic rings. The number of esters is 1. The van der Waals surface area contributed by atoms with Crippen LogP contribution in [0.25, 0.3) is 0 Å². The van der Waals surface area contributed by atoms with E-state index in [1.807, 2.05) is 0 Å². The Kier molecular flexibility index (Phi) is 21.5. The summed E-state index contributed by atoms with van der Waals surface area (Å²) in [5.74, 6) is -5.84. The second kappa shape index (κ2) is 24.8.